The number of nitrogens with one attached hydrogen (secondary N) is 1. The van der Waals surface area contributed by atoms with Gasteiger partial charge in [-0.1, -0.05) is 0 Å². The molecule has 0 amide bonds. The molecular formula is C10H17NO2. The van der Waals surface area contributed by atoms with Gasteiger partial charge in [-0.15, -0.1) is 0 Å². The highest BCUT2D eigenvalue weighted by Gasteiger charge is 2.39. The summed E-state index contributed by atoms with van der Waals surface area (Å²) in [6.45, 7) is 1.07. The lowest BCUT2D eigenvalue weighted by Crippen LogP contribution is -2.30. The van der Waals surface area contributed by atoms with E-state index < -0.39 is 0 Å². The third-order valence-electron chi connectivity index (χ3n) is 3.19. The van der Waals surface area contributed by atoms with Gasteiger partial charge in [-0.3, -0.25) is 4.79 Å². The summed E-state index contributed by atoms with van der Waals surface area (Å²) in [6, 6.07) is 0.596. The van der Waals surface area contributed by atoms with Crippen molar-refractivity contribution in [2.75, 3.05) is 13.7 Å². The number of carbonyl (C=O) groups excluding carboxylic acids is 1. The van der Waals surface area contributed by atoms with Crippen molar-refractivity contribution < 1.29 is 9.53 Å². The summed E-state index contributed by atoms with van der Waals surface area (Å²) in [5.74, 6) is 1.32. The van der Waals surface area contributed by atoms with Crippen molar-refractivity contribution in [3.63, 3.8) is 0 Å². The van der Waals surface area contributed by atoms with E-state index in [-0.39, 0.29) is 5.97 Å². The Bertz CT molecular complexity index is 201. The molecule has 1 N–H and O–H groups in total. The molecule has 1 aliphatic carbocycles. The van der Waals surface area contributed by atoms with Gasteiger partial charge in [0.15, 0.2) is 0 Å². The molecule has 1 saturated heterocycles. The minimum Gasteiger partial charge on any atom is -0.469 e. The van der Waals surface area contributed by atoms with E-state index in [1.807, 2.05) is 0 Å². The van der Waals surface area contributed by atoms with E-state index in [1.165, 1.54) is 20.0 Å². The molecule has 2 atom stereocenters. The number of rotatable bonds is 3. The lowest BCUT2D eigenvalue weighted by molar-refractivity contribution is -0.141. The van der Waals surface area contributed by atoms with Gasteiger partial charge in [-0.05, 0) is 37.6 Å². The summed E-state index contributed by atoms with van der Waals surface area (Å²) in [5, 5.41) is 3.49. The van der Waals surface area contributed by atoms with E-state index in [9.17, 15) is 4.79 Å². The SMILES string of the molecule is COC(=O)CC1CCNC1C1CC1. The maximum atomic E-state index is 11.1. The molecule has 0 aromatic heterocycles. The zero-order valence-electron chi connectivity index (χ0n) is 8.08. The largest absolute Gasteiger partial charge is 0.469 e. The molecule has 0 bridgehead atoms. The number of hydrogen-bond donors (Lipinski definition) is 1. The average Bonchev–Trinajstić information content (AvgIpc) is 2.88. The van der Waals surface area contributed by atoms with Gasteiger partial charge in [-0.2, -0.15) is 0 Å². The Morgan fingerprint density at radius 3 is 2.85 bits per heavy atom. The van der Waals surface area contributed by atoms with Gasteiger partial charge in [0, 0.05) is 12.5 Å². The van der Waals surface area contributed by atoms with Crippen LogP contribution < -0.4 is 5.32 Å². The summed E-state index contributed by atoms with van der Waals surface area (Å²) in [4.78, 5) is 11.1. The Morgan fingerprint density at radius 2 is 2.23 bits per heavy atom. The van der Waals surface area contributed by atoms with Gasteiger partial charge in [0.2, 0.25) is 0 Å². The van der Waals surface area contributed by atoms with Crippen molar-refractivity contribution >= 4 is 5.97 Å². The summed E-state index contributed by atoms with van der Waals surface area (Å²) in [5.41, 5.74) is 0. The molecule has 0 spiro atoms. The van der Waals surface area contributed by atoms with Crippen LogP contribution in [0, 0.1) is 11.8 Å². The average molecular weight is 183 g/mol. The Hall–Kier alpha value is -0.570. The fraction of sp³-hybridized carbons (Fsp3) is 0.900. The van der Waals surface area contributed by atoms with Gasteiger partial charge in [0.25, 0.3) is 0 Å². The molecule has 2 fully saturated rings. The van der Waals surface area contributed by atoms with Crippen LogP contribution in [0.25, 0.3) is 0 Å². The predicted molar refractivity (Wildman–Crippen MR) is 49.3 cm³/mol. The van der Waals surface area contributed by atoms with E-state index in [0.717, 1.165) is 18.9 Å². The van der Waals surface area contributed by atoms with Crippen LogP contribution in [0.5, 0.6) is 0 Å². The second kappa shape index (κ2) is 3.66. The van der Waals surface area contributed by atoms with Crippen molar-refractivity contribution in [1.29, 1.82) is 0 Å². The van der Waals surface area contributed by atoms with Gasteiger partial charge in [-0.25, -0.2) is 0 Å². The van der Waals surface area contributed by atoms with Crippen LogP contribution in [0.15, 0.2) is 0 Å². The molecule has 2 unspecified atom stereocenters. The van der Waals surface area contributed by atoms with E-state index in [2.05, 4.69) is 5.32 Å². The van der Waals surface area contributed by atoms with E-state index in [0.29, 0.717) is 18.4 Å². The Kier molecular flexibility index (Phi) is 2.54. The van der Waals surface area contributed by atoms with E-state index >= 15 is 0 Å². The third kappa shape index (κ3) is 2.02. The molecule has 1 saturated carbocycles. The molecule has 3 nitrogen and oxygen atoms in total. The minimum atomic E-state index is -0.0562. The summed E-state index contributed by atoms with van der Waals surface area (Å²) >= 11 is 0. The zero-order valence-corrected chi connectivity index (χ0v) is 8.08. The highest BCUT2D eigenvalue weighted by molar-refractivity contribution is 5.69. The van der Waals surface area contributed by atoms with Crippen molar-refractivity contribution in [2.45, 2.75) is 31.7 Å². The van der Waals surface area contributed by atoms with Crippen molar-refractivity contribution in [2.24, 2.45) is 11.8 Å². The van der Waals surface area contributed by atoms with Crippen LogP contribution in [-0.2, 0) is 9.53 Å². The number of carbonyl (C=O) groups is 1. The van der Waals surface area contributed by atoms with Crippen molar-refractivity contribution in [3.05, 3.63) is 0 Å². The summed E-state index contributed by atoms with van der Waals surface area (Å²) in [6.07, 6.45) is 4.42. The van der Waals surface area contributed by atoms with Gasteiger partial charge >= 0.3 is 5.97 Å². The smallest absolute Gasteiger partial charge is 0.305 e. The van der Waals surface area contributed by atoms with Crippen LogP contribution in [-0.4, -0.2) is 25.7 Å². The summed E-state index contributed by atoms with van der Waals surface area (Å²) in [7, 11) is 1.47. The van der Waals surface area contributed by atoms with E-state index in [4.69, 9.17) is 4.74 Å². The monoisotopic (exact) mass is 183 g/mol. The van der Waals surface area contributed by atoms with Gasteiger partial charge in [0.1, 0.15) is 0 Å². The highest BCUT2D eigenvalue weighted by atomic mass is 16.5. The third-order valence-corrected chi connectivity index (χ3v) is 3.19. The molecule has 3 heteroatoms. The van der Waals surface area contributed by atoms with Crippen LogP contribution in [0.3, 0.4) is 0 Å². The minimum absolute atomic E-state index is 0.0562. The molecule has 1 heterocycles. The molecule has 74 valence electrons. The number of esters is 1. The van der Waals surface area contributed by atoms with Crippen molar-refractivity contribution in [1.82, 2.24) is 5.32 Å². The predicted octanol–water partition coefficient (Wildman–Crippen LogP) is 0.938. The zero-order chi connectivity index (χ0) is 9.26. The van der Waals surface area contributed by atoms with Crippen LogP contribution in [0.2, 0.25) is 0 Å². The quantitative estimate of drug-likeness (QED) is 0.662. The lowest BCUT2D eigenvalue weighted by atomic mass is 9.94. The first kappa shape index (κ1) is 9.00. The van der Waals surface area contributed by atoms with Crippen LogP contribution >= 0.6 is 0 Å². The molecular weight excluding hydrogens is 166 g/mol. The van der Waals surface area contributed by atoms with Crippen LogP contribution in [0.1, 0.15) is 25.7 Å². The first-order valence-electron chi connectivity index (χ1n) is 5.11. The van der Waals surface area contributed by atoms with E-state index in [1.54, 1.807) is 0 Å². The van der Waals surface area contributed by atoms with Gasteiger partial charge < -0.3 is 10.1 Å². The number of hydrogen-bond acceptors (Lipinski definition) is 3. The molecule has 2 aliphatic rings. The Labute approximate surface area is 78.8 Å². The molecule has 0 aromatic rings. The molecule has 0 radical (unpaired) electrons. The topological polar surface area (TPSA) is 38.3 Å². The normalized spacial score (nSPS) is 33.3. The molecule has 0 aromatic carbocycles. The standard InChI is InChI=1S/C10H17NO2/c1-13-9(12)6-8-4-5-11-10(8)7-2-3-7/h7-8,10-11H,2-6H2,1H3. The van der Waals surface area contributed by atoms with Crippen molar-refractivity contribution in [3.8, 4) is 0 Å². The molecule has 13 heavy (non-hydrogen) atoms. The number of methoxy groups -OCH3 is 1. The number of ether oxygens (including phenoxy) is 1. The maximum absolute atomic E-state index is 11.1. The Balaban J connectivity index is 1.85. The highest BCUT2D eigenvalue weighted by Crippen LogP contribution is 2.39. The maximum Gasteiger partial charge on any atom is 0.305 e. The second-order valence-corrected chi connectivity index (χ2v) is 4.15. The Morgan fingerprint density at radius 1 is 1.46 bits per heavy atom. The van der Waals surface area contributed by atoms with Crippen LogP contribution in [0.4, 0.5) is 0 Å². The second-order valence-electron chi connectivity index (χ2n) is 4.15. The fourth-order valence-electron chi connectivity index (χ4n) is 2.31. The molecule has 2 rings (SSSR count). The first-order valence-corrected chi connectivity index (χ1v) is 5.11. The van der Waals surface area contributed by atoms with Gasteiger partial charge in [0.05, 0.1) is 7.11 Å². The first-order chi connectivity index (χ1) is 6.31. The molecule has 1 aliphatic heterocycles. The summed E-state index contributed by atoms with van der Waals surface area (Å²) < 4.78 is 4.69. The lowest BCUT2D eigenvalue weighted by Gasteiger charge is -2.17. The fourth-order valence-corrected chi connectivity index (χ4v) is 2.31.